The number of urea groups is 1. The number of hydrogen-bond acceptors (Lipinski definition) is 2. The number of carboxylic acids is 1. The van der Waals surface area contributed by atoms with Gasteiger partial charge in [-0.25, -0.2) is 4.79 Å². The van der Waals surface area contributed by atoms with E-state index in [-0.39, 0.29) is 12.1 Å². The first-order valence-electron chi connectivity index (χ1n) is 6.50. The summed E-state index contributed by atoms with van der Waals surface area (Å²) in [5, 5.41) is 11.9. The summed E-state index contributed by atoms with van der Waals surface area (Å²) in [6, 6.07) is 7.22. The van der Waals surface area contributed by atoms with Gasteiger partial charge in [0.15, 0.2) is 0 Å². The summed E-state index contributed by atoms with van der Waals surface area (Å²) >= 11 is 3.36. The van der Waals surface area contributed by atoms with Crippen LogP contribution >= 0.6 is 15.9 Å². The second-order valence-corrected chi connectivity index (χ2v) is 5.87. The molecule has 0 aliphatic carbocycles. The van der Waals surface area contributed by atoms with Gasteiger partial charge >= 0.3 is 12.0 Å². The van der Waals surface area contributed by atoms with Crippen molar-refractivity contribution < 1.29 is 14.7 Å². The highest BCUT2D eigenvalue weighted by molar-refractivity contribution is 9.10. The number of nitrogens with one attached hydrogen (secondary N) is 1. The number of nitrogens with zero attached hydrogens (tertiary/aromatic N) is 1. The van der Waals surface area contributed by atoms with Crippen LogP contribution in [0.15, 0.2) is 28.7 Å². The lowest BCUT2D eigenvalue weighted by atomic mass is 10.0. The van der Waals surface area contributed by atoms with Gasteiger partial charge in [0, 0.05) is 23.6 Å². The lowest BCUT2D eigenvalue weighted by Crippen LogP contribution is -2.43. The zero-order valence-corrected chi connectivity index (χ0v) is 12.8. The summed E-state index contributed by atoms with van der Waals surface area (Å²) in [7, 11) is 0. The predicted octanol–water partition coefficient (Wildman–Crippen LogP) is 2.45. The van der Waals surface area contributed by atoms with Crippen LogP contribution in [0.4, 0.5) is 4.79 Å². The molecule has 1 heterocycles. The average molecular weight is 341 g/mol. The molecule has 0 bridgehead atoms. The molecule has 5 nitrogen and oxygen atoms in total. The van der Waals surface area contributed by atoms with Crippen LogP contribution in [0.25, 0.3) is 0 Å². The Morgan fingerprint density at radius 2 is 2.05 bits per heavy atom. The van der Waals surface area contributed by atoms with E-state index < -0.39 is 11.9 Å². The number of hydrogen-bond donors (Lipinski definition) is 2. The van der Waals surface area contributed by atoms with Gasteiger partial charge in [-0.1, -0.05) is 28.1 Å². The third-order valence-electron chi connectivity index (χ3n) is 3.69. The fourth-order valence-electron chi connectivity index (χ4n) is 2.44. The van der Waals surface area contributed by atoms with Gasteiger partial charge in [0.25, 0.3) is 0 Å². The monoisotopic (exact) mass is 340 g/mol. The van der Waals surface area contributed by atoms with Crippen LogP contribution in [0.1, 0.15) is 18.9 Å². The molecule has 6 heteroatoms. The number of benzene rings is 1. The predicted molar refractivity (Wildman–Crippen MR) is 78.3 cm³/mol. The largest absolute Gasteiger partial charge is 0.481 e. The summed E-state index contributed by atoms with van der Waals surface area (Å²) in [5.74, 6) is -1.30. The summed E-state index contributed by atoms with van der Waals surface area (Å²) in [6.45, 7) is 2.71. The third-order valence-corrected chi connectivity index (χ3v) is 4.22. The number of rotatable bonds is 3. The Hall–Kier alpha value is -1.56. The average Bonchev–Trinajstić information content (AvgIpc) is 2.80. The first kappa shape index (κ1) is 14.8. The Balaban J connectivity index is 1.89. The molecular weight excluding hydrogens is 324 g/mol. The molecule has 108 valence electrons. The highest BCUT2D eigenvalue weighted by Crippen LogP contribution is 2.24. The minimum absolute atomic E-state index is 0.204. The Morgan fingerprint density at radius 1 is 1.40 bits per heavy atom. The van der Waals surface area contributed by atoms with Crippen molar-refractivity contribution in [2.45, 2.75) is 25.9 Å². The van der Waals surface area contributed by atoms with E-state index in [2.05, 4.69) is 21.2 Å². The SMILES string of the molecule is CC1C(C(=O)O)CCN1C(=O)NCc1ccc(Br)cc1. The maximum absolute atomic E-state index is 12.1. The van der Waals surface area contributed by atoms with Crippen molar-refractivity contribution in [3.8, 4) is 0 Å². The summed E-state index contributed by atoms with van der Waals surface area (Å²) in [6.07, 6.45) is 0.516. The zero-order chi connectivity index (χ0) is 14.7. The van der Waals surface area contributed by atoms with Gasteiger partial charge in [-0.15, -0.1) is 0 Å². The van der Waals surface area contributed by atoms with Gasteiger partial charge in [-0.05, 0) is 31.0 Å². The van der Waals surface area contributed by atoms with Crippen LogP contribution in [0.2, 0.25) is 0 Å². The molecule has 1 fully saturated rings. The van der Waals surface area contributed by atoms with Crippen molar-refractivity contribution >= 4 is 27.9 Å². The fourth-order valence-corrected chi connectivity index (χ4v) is 2.70. The first-order chi connectivity index (χ1) is 9.49. The summed E-state index contributed by atoms with van der Waals surface area (Å²) in [4.78, 5) is 24.7. The highest BCUT2D eigenvalue weighted by Gasteiger charge is 2.37. The van der Waals surface area contributed by atoms with Crippen molar-refractivity contribution in [2.24, 2.45) is 5.92 Å². The lowest BCUT2D eigenvalue weighted by Gasteiger charge is -2.23. The van der Waals surface area contributed by atoms with E-state index in [0.717, 1.165) is 10.0 Å². The van der Waals surface area contributed by atoms with Gasteiger partial charge in [0.2, 0.25) is 0 Å². The molecule has 1 saturated heterocycles. The van der Waals surface area contributed by atoms with Crippen LogP contribution in [0.5, 0.6) is 0 Å². The number of carboxylic acid groups (broad SMARTS) is 1. The van der Waals surface area contributed by atoms with Crippen molar-refractivity contribution in [1.29, 1.82) is 0 Å². The molecule has 1 aromatic rings. The van der Waals surface area contributed by atoms with E-state index in [1.165, 1.54) is 0 Å². The molecule has 0 saturated carbocycles. The number of amides is 2. The minimum atomic E-state index is -0.833. The van der Waals surface area contributed by atoms with Crippen molar-refractivity contribution in [2.75, 3.05) is 6.54 Å². The zero-order valence-electron chi connectivity index (χ0n) is 11.2. The van der Waals surface area contributed by atoms with Gasteiger partial charge < -0.3 is 15.3 Å². The van der Waals surface area contributed by atoms with Crippen LogP contribution in [0.3, 0.4) is 0 Å². The maximum Gasteiger partial charge on any atom is 0.317 e. The van der Waals surface area contributed by atoms with E-state index >= 15 is 0 Å². The van der Waals surface area contributed by atoms with E-state index in [0.29, 0.717) is 19.5 Å². The van der Waals surface area contributed by atoms with Crippen molar-refractivity contribution in [3.63, 3.8) is 0 Å². The Kier molecular flexibility index (Phi) is 4.65. The first-order valence-corrected chi connectivity index (χ1v) is 7.30. The second kappa shape index (κ2) is 6.26. The molecule has 0 aromatic heterocycles. The molecule has 2 amide bonds. The molecular formula is C14H17BrN2O3. The highest BCUT2D eigenvalue weighted by atomic mass is 79.9. The number of halogens is 1. The van der Waals surface area contributed by atoms with Crippen LogP contribution in [-0.4, -0.2) is 34.6 Å². The normalized spacial score (nSPS) is 21.8. The Bertz CT molecular complexity index is 504. The van der Waals surface area contributed by atoms with Crippen LogP contribution < -0.4 is 5.32 Å². The van der Waals surface area contributed by atoms with E-state index in [1.807, 2.05) is 24.3 Å². The van der Waals surface area contributed by atoms with E-state index in [1.54, 1.807) is 11.8 Å². The van der Waals surface area contributed by atoms with Gasteiger partial charge in [0.1, 0.15) is 0 Å². The molecule has 2 N–H and O–H groups in total. The number of aliphatic carboxylic acids is 1. The van der Waals surface area contributed by atoms with E-state index in [4.69, 9.17) is 5.11 Å². The maximum atomic E-state index is 12.1. The molecule has 20 heavy (non-hydrogen) atoms. The Morgan fingerprint density at radius 3 is 2.60 bits per heavy atom. The Labute approximate surface area is 126 Å². The minimum Gasteiger partial charge on any atom is -0.481 e. The fraction of sp³-hybridized carbons (Fsp3) is 0.429. The topological polar surface area (TPSA) is 69.6 Å². The van der Waals surface area contributed by atoms with E-state index in [9.17, 15) is 9.59 Å². The molecule has 1 aliphatic rings. The molecule has 0 spiro atoms. The summed E-state index contributed by atoms with van der Waals surface area (Å²) in [5.41, 5.74) is 1.00. The summed E-state index contributed by atoms with van der Waals surface area (Å²) < 4.78 is 0.991. The quantitative estimate of drug-likeness (QED) is 0.887. The molecule has 2 rings (SSSR count). The molecule has 2 unspecified atom stereocenters. The molecule has 1 aliphatic heterocycles. The molecule has 0 radical (unpaired) electrons. The third kappa shape index (κ3) is 3.30. The number of carbonyl (C=O) groups excluding carboxylic acids is 1. The molecule has 2 atom stereocenters. The smallest absolute Gasteiger partial charge is 0.317 e. The van der Waals surface area contributed by atoms with Crippen molar-refractivity contribution in [3.05, 3.63) is 34.3 Å². The van der Waals surface area contributed by atoms with Gasteiger partial charge in [-0.2, -0.15) is 0 Å². The van der Waals surface area contributed by atoms with Crippen molar-refractivity contribution in [1.82, 2.24) is 10.2 Å². The number of carbonyl (C=O) groups is 2. The lowest BCUT2D eigenvalue weighted by molar-refractivity contribution is -0.142. The standard InChI is InChI=1S/C14H17BrN2O3/c1-9-12(13(18)19)6-7-17(9)14(20)16-8-10-2-4-11(15)5-3-10/h2-5,9,12H,6-8H2,1H3,(H,16,20)(H,18,19). The second-order valence-electron chi connectivity index (χ2n) is 4.95. The van der Waals surface area contributed by atoms with Crippen LogP contribution in [-0.2, 0) is 11.3 Å². The van der Waals surface area contributed by atoms with Crippen LogP contribution in [0, 0.1) is 5.92 Å². The number of likely N-dealkylation sites (tertiary alicyclic amines) is 1. The molecule has 1 aromatic carbocycles. The van der Waals surface area contributed by atoms with Gasteiger partial charge in [-0.3, -0.25) is 4.79 Å². The van der Waals surface area contributed by atoms with Gasteiger partial charge in [0.05, 0.1) is 5.92 Å².